The second-order valence-electron chi connectivity index (χ2n) is 7.05. The van der Waals surface area contributed by atoms with Crippen LogP contribution < -0.4 is 9.64 Å². The first-order valence-corrected chi connectivity index (χ1v) is 8.84. The van der Waals surface area contributed by atoms with Crippen molar-refractivity contribution in [2.75, 3.05) is 4.90 Å². The van der Waals surface area contributed by atoms with Crippen molar-refractivity contribution in [1.82, 2.24) is 0 Å². The molecule has 2 amide bonds. The van der Waals surface area contributed by atoms with E-state index in [9.17, 15) is 9.59 Å². The summed E-state index contributed by atoms with van der Waals surface area (Å²) in [6.45, 7) is 2.16. The fraction of sp³-hybridized carbons (Fsp3) is 0.333. The molecule has 0 unspecified atom stereocenters. The Morgan fingerprint density at radius 3 is 2.20 bits per heavy atom. The molecule has 1 saturated carbocycles. The summed E-state index contributed by atoms with van der Waals surface area (Å²) in [5.74, 6) is 1.58. The molecule has 2 fully saturated rings. The van der Waals surface area contributed by atoms with Crippen LogP contribution in [-0.4, -0.2) is 11.8 Å². The Morgan fingerprint density at radius 2 is 1.48 bits per heavy atom. The van der Waals surface area contributed by atoms with Crippen LogP contribution in [0.25, 0.3) is 0 Å². The molecule has 4 heteroatoms. The lowest BCUT2D eigenvalue weighted by atomic mass is 9.76. The normalized spacial score (nSPS) is 25.8. The third-order valence-corrected chi connectivity index (χ3v) is 5.26. The Kier molecular flexibility index (Phi) is 4.04. The van der Waals surface area contributed by atoms with Gasteiger partial charge in [-0.15, -0.1) is 0 Å². The minimum atomic E-state index is -0.142. The molecule has 2 aliphatic rings. The Labute approximate surface area is 147 Å². The highest BCUT2D eigenvalue weighted by Crippen LogP contribution is 2.42. The lowest BCUT2D eigenvalue weighted by molar-refractivity contribution is -0.122. The third kappa shape index (κ3) is 2.93. The number of benzene rings is 2. The van der Waals surface area contributed by atoms with E-state index in [0.29, 0.717) is 17.4 Å². The number of carbonyl (C=O) groups excluding carboxylic acids is 2. The van der Waals surface area contributed by atoms with Gasteiger partial charge in [-0.1, -0.05) is 25.1 Å². The highest BCUT2D eigenvalue weighted by Gasteiger charge is 2.49. The zero-order chi connectivity index (χ0) is 17.4. The summed E-state index contributed by atoms with van der Waals surface area (Å²) in [6, 6.07) is 16.7. The van der Waals surface area contributed by atoms with E-state index in [4.69, 9.17) is 4.74 Å². The van der Waals surface area contributed by atoms with Gasteiger partial charge in [-0.3, -0.25) is 14.5 Å². The molecule has 0 aromatic heterocycles. The number of amides is 2. The summed E-state index contributed by atoms with van der Waals surface area (Å²) in [5.41, 5.74) is 0.637. The zero-order valence-electron chi connectivity index (χ0n) is 14.2. The number of hydrogen-bond donors (Lipinski definition) is 0. The lowest BCUT2D eigenvalue weighted by Crippen LogP contribution is -2.30. The average molecular weight is 335 g/mol. The van der Waals surface area contributed by atoms with E-state index in [1.807, 2.05) is 30.3 Å². The number of hydrogen-bond acceptors (Lipinski definition) is 3. The SMILES string of the molecule is C[C@H]1CC[C@@H]2C(=O)N(c3ccc(Oc4ccccc4)cc3)C(=O)[C@@H]2C1. The molecule has 3 atom stereocenters. The van der Waals surface area contributed by atoms with Gasteiger partial charge in [0.15, 0.2) is 0 Å². The average Bonchev–Trinajstić information content (AvgIpc) is 2.87. The molecule has 1 aliphatic heterocycles. The van der Waals surface area contributed by atoms with Crippen molar-refractivity contribution in [1.29, 1.82) is 0 Å². The fourth-order valence-electron chi connectivity index (χ4n) is 3.93. The molecule has 4 nitrogen and oxygen atoms in total. The van der Waals surface area contributed by atoms with E-state index in [1.54, 1.807) is 24.3 Å². The fourth-order valence-corrected chi connectivity index (χ4v) is 3.93. The highest BCUT2D eigenvalue weighted by atomic mass is 16.5. The number of imide groups is 1. The third-order valence-electron chi connectivity index (χ3n) is 5.26. The van der Waals surface area contributed by atoms with Gasteiger partial charge in [-0.05, 0) is 61.6 Å². The van der Waals surface area contributed by atoms with Gasteiger partial charge in [0.25, 0.3) is 0 Å². The van der Waals surface area contributed by atoms with Crippen LogP contribution in [0.15, 0.2) is 54.6 Å². The van der Waals surface area contributed by atoms with Crippen LogP contribution in [0.4, 0.5) is 5.69 Å². The van der Waals surface area contributed by atoms with Crippen LogP contribution in [0.2, 0.25) is 0 Å². The Balaban J connectivity index is 1.54. The topological polar surface area (TPSA) is 46.6 Å². The first-order chi connectivity index (χ1) is 12.1. The molecule has 25 heavy (non-hydrogen) atoms. The number of anilines is 1. The Morgan fingerprint density at radius 1 is 0.840 bits per heavy atom. The van der Waals surface area contributed by atoms with Gasteiger partial charge in [0.1, 0.15) is 11.5 Å². The van der Waals surface area contributed by atoms with E-state index < -0.39 is 0 Å². The van der Waals surface area contributed by atoms with Gasteiger partial charge in [0.2, 0.25) is 11.8 Å². The van der Waals surface area contributed by atoms with Gasteiger partial charge in [0, 0.05) is 0 Å². The van der Waals surface area contributed by atoms with Crippen molar-refractivity contribution >= 4 is 17.5 Å². The number of rotatable bonds is 3. The van der Waals surface area contributed by atoms with Crippen LogP contribution in [0, 0.1) is 17.8 Å². The summed E-state index contributed by atoms with van der Waals surface area (Å²) in [4.78, 5) is 26.8. The first kappa shape index (κ1) is 15.9. The van der Waals surface area contributed by atoms with Crippen molar-refractivity contribution in [3.05, 3.63) is 54.6 Å². The van der Waals surface area contributed by atoms with Gasteiger partial charge in [0.05, 0.1) is 17.5 Å². The summed E-state index contributed by atoms with van der Waals surface area (Å²) in [5, 5.41) is 0. The summed E-state index contributed by atoms with van der Waals surface area (Å²) < 4.78 is 5.77. The van der Waals surface area contributed by atoms with E-state index in [0.717, 1.165) is 25.0 Å². The molecule has 0 radical (unpaired) electrons. The molecule has 128 valence electrons. The molecule has 0 bridgehead atoms. The van der Waals surface area contributed by atoms with Crippen LogP contribution in [0.3, 0.4) is 0 Å². The molecule has 2 aromatic rings. The molecule has 2 aromatic carbocycles. The van der Waals surface area contributed by atoms with E-state index in [-0.39, 0.29) is 23.7 Å². The monoisotopic (exact) mass is 335 g/mol. The summed E-state index contributed by atoms with van der Waals surface area (Å²) >= 11 is 0. The predicted molar refractivity (Wildman–Crippen MR) is 95.4 cm³/mol. The van der Waals surface area contributed by atoms with Crippen molar-refractivity contribution < 1.29 is 14.3 Å². The van der Waals surface area contributed by atoms with Crippen molar-refractivity contribution in [3.63, 3.8) is 0 Å². The van der Waals surface area contributed by atoms with E-state index in [1.165, 1.54) is 4.90 Å². The molecule has 0 N–H and O–H groups in total. The van der Waals surface area contributed by atoms with Crippen molar-refractivity contribution in [3.8, 4) is 11.5 Å². The smallest absolute Gasteiger partial charge is 0.237 e. The van der Waals surface area contributed by atoms with Crippen LogP contribution in [0.1, 0.15) is 26.2 Å². The molecule has 1 saturated heterocycles. The quantitative estimate of drug-likeness (QED) is 0.781. The summed E-state index contributed by atoms with van der Waals surface area (Å²) in [7, 11) is 0. The predicted octanol–water partition coefficient (Wildman–Crippen LogP) is 4.40. The molecular weight excluding hydrogens is 314 g/mol. The Bertz CT molecular complexity index is 785. The van der Waals surface area contributed by atoms with Crippen molar-refractivity contribution in [2.45, 2.75) is 26.2 Å². The Hall–Kier alpha value is -2.62. The van der Waals surface area contributed by atoms with Gasteiger partial charge >= 0.3 is 0 Å². The number of ether oxygens (including phenoxy) is 1. The van der Waals surface area contributed by atoms with Gasteiger partial charge < -0.3 is 4.74 Å². The molecule has 4 rings (SSSR count). The number of nitrogens with zero attached hydrogens (tertiary/aromatic N) is 1. The van der Waals surface area contributed by atoms with Crippen LogP contribution >= 0.6 is 0 Å². The zero-order valence-corrected chi connectivity index (χ0v) is 14.2. The standard InChI is InChI=1S/C21H21NO3/c1-14-7-12-18-19(13-14)21(24)22(20(18)23)15-8-10-17(11-9-15)25-16-5-3-2-4-6-16/h2-6,8-11,14,18-19H,7,12-13H2,1H3/t14-,18-,19+/m0/s1. The minimum absolute atomic E-state index is 0.0429. The largest absolute Gasteiger partial charge is 0.457 e. The second kappa shape index (κ2) is 6.36. The van der Waals surface area contributed by atoms with E-state index >= 15 is 0 Å². The molecular formula is C21H21NO3. The second-order valence-corrected chi connectivity index (χ2v) is 7.05. The molecule has 1 heterocycles. The number of para-hydroxylation sites is 1. The van der Waals surface area contributed by atoms with E-state index in [2.05, 4.69) is 6.92 Å². The first-order valence-electron chi connectivity index (χ1n) is 8.84. The van der Waals surface area contributed by atoms with Crippen LogP contribution in [-0.2, 0) is 9.59 Å². The highest BCUT2D eigenvalue weighted by molar-refractivity contribution is 6.22. The molecule has 0 spiro atoms. The van der Waals surface area contributed by atoms with Gasteiger partial charge in [-0.25, -0.2) is 0 Å². The molecule has 1 aliphatic carbocycles. The maximum absolute atomic E-state index is 12.7. The van der Waals surface area contributed by atoms with Crippen molar-refractivity contribution in [2.24, 2.45) is 17.8 Å². The minimum Gasteiger partial charge on any atom is -0.457 e. The maximum atomic E-state index is 12.7. The number of fused-ring (bicyclic) bond motifs is 1. The van der Waals surface area contributed by atoms with Crippen LogP contribution in [0.5, 0.6) is 11.5 Å². The number of carbonyl (C=O) groups is 2. The van der Waals surface area contributed by atoms with Gasteiger partial charge in [-0.2, -0.15) is 0 Å². The summed E-state index contributed by atoms with van der Waals surface area (Å²) in [6.07, 6.45) is 2.67. The lowest BCUT2D eigenvalue weighted by Gasteiger charge is -2.25. The maximum Gasteiger partial charge on any atom is 0.237 e.